The summed E-state index contributed by atoms with van der Waals surface area (Å²) in [6, 6.07) is 0. The third-order valence-electron chi connectivity index (χ3n) is 4.18. The van der Waals surface area contributed by atoms with Crippen LogP contribution in [0.3, 0.4) is 0 Å². The summed E-state index contributed by atoms with van der Waals surface area (Å²) in [5.74, 6) is 3.06. The molecule has 0 amide bonds. The van der Waals surface area contributed by atoms with Crippen LogP contribution in [0.4, 0.5) is 17.8 Å². The van der Waals surface area contributed by atoms with Gasteiger partial charge in [-0.2, -0.15) is 15.0 Å². The molecule has 20 heavy (non-hydrogen) atoms. The lowest BCUT2D eigenvalue weighted by molar-refractivity contribution is 0.567. The molecule has 3 heterocycles. The van der Waals surface area contributed by atoms with E-state index in [1.54, 1.807) is 0 Å². The highest BCUT2D eigenvalue weighted by Crippen LogP contribution is 2.24. The summed E-state index contributed by atoms with van der Waals surface area (Å²) < 4.78 is 0. The lowest BCUT2D eigenvalue weighted by Crippen LogP contribution is -2.32. The van der Waals surface area contributed by atoms with Crippen LogP contribution in [0.15, 0.2) is 0 Å². The second-order valence-electron chi connectivity index (χ2n) is 5.90. The van der Waals surface area contributed by atoms with Crippen molar-refractivity contribution >= 4 is 17.8 Å². The van der Waals surface area contributed by atoms with Crippen molar-refractivity contribution in [2.24, 2.45) is 5.92 Å². The maximum atomic E-state index is 4.71. The van der Waals surface area contributed by atoms with Crippen LogP contribution < -0.4 is 15.1 Å². The third kappa shape index (κ3) is 2.78. The largest absolute Gasteiger partial charge is 0.357 e. The van der Waals surface area contributed by atoms with Crippen LogP contribution in [0, 0.1) is 5.92 Å². The molecule has 3 rings (SSSR count). The van der Waals surface area contributed by atoms with Gasteiger partial charge in [-0.25, -0.2) is 0 Å². The zero-order valence-electron chi connectivity index (χ0n) is 12.5. The molecule has 2 aliphatic rings. The van der Waals surface area contributed by atoms with E-state index in [-0.39, 0.29) is 0 Å². The van der Waals surface area contributed by atoms with Gasteiger partial charge in [0.1, 0.15) is 0 Å². The minimum absolute atomic E-state index is 0.676. The van der Waals surface area contributed by atoms with Crippen molar-refractivity contribution < 1.29 is 0 Å². The summed E-state index contributed by atoms with van der Waals surface area (Å²) in [6.07, 6.45) is 5.00. The molecule has 6 heteroatoms. The molecular weight excluding hydrogens is 252 g/mol. The Hall–Kier alpha value is -1.59. The van der Waals surface area contributed by atoms with E-state index in [0.29, 0.717) is 5.95 Å². The number of anilines is 3. The maximum absolute atomic E-state index is 4.71. The van der Waals surface area contributed by atoms with Crippen molar-refractivity contribution in [1.82, 2.24) is 15.0 Å². The van der Waals surface area contributed by atoms with Crippen LogP contribution in [0.25, 0.3) is 0 Å². The van der Waals surface area contributed by atoms with E-state index in [1.165, 1.54) is 25.7 Å². The van der Waals surface area contributed by atoms with E-state index in [2.05, 4.69) is 32.0 Å². The smallest absolute Gasteiger partial charge is 0.231 e. The van der Waals surface area contributed by atoms with Gasteiger partial charge in [-0.3, -0.25) is 0 Å². The maximum Gasteiger partial charge on any atom is 0.231 e. The Bertz CT molecular complexity index is 434. The van der Waals surface area contributed by atoms with Gasteiger partial charge in [0.2, 0.25) is 17.8 Å². The number of aromatic nitrogens is 3. The first kappa shape index (κ1) is 13.4. The van der Waals surface area contributed by atoms with E-state index in [0.717, 1.165) is 44.0 Å². The molecule has 1 unspecified atom stereocenters. The van der Waals surface area contributed by atoms with Gasteiger partial charge in [-0.15, -0.1) is 0 Å². The predicted octanol–water partition coefficient (Wildman–Crippen LogP) is 1.75. The second kappa shape index (κ2) is 5.81. The highest BCUT2D eigenvalue weighted by molar-refractivity contribution is 5.45. The van der Waals surface area contributed by atoms with Gasteiger partial charge in [0, 0.05) is 33.2 Å². The van der Waals surface area contributed by atoms with Gasteiger partial charge >= 0.3 is 0 Å². The fourth-order valence-corrected chi connectivity index (χ4v) is 2.96. The summed E-state index contributed by atoms with van der Waals surface area (Å²) in [7, 11) is 1.87. The quantitative estimate of drug-likeness (QED) is 0.907. The monoisotopic (exact) mass is 276 g/mol. The topological polar surface area (TPSA) is 57.2 Å². The predicted molar refractivity (Wildman–Crippen MR) is 81.4 cm³/mol. The van der Waals surface area contributed by atoms with E-state index >= 15 is 0 Å². The molecule has 0 saturated carbocycles. The van der Waals surface area contributed by atoms with Gasteiger partial charge in [-0.1, -0.05) is 6.92 Å². The van der Waals surface area contributed by atoms with Crippen molar-refractivity contribution in [3.05, 3.63) is 0 Å². The third-order valence-corrected chi connectivity index (χ3v) is 4.18. The first-order chi connectivity index (χ1) is 9.76. The van der Waals surface area contributed by atoms with Crippen LogP contribution in [0.1, 0.15) is 32.6 Å². The SMILES string of the molecule is CNc1nc(N2CCCCC2)nc(N2CCC(C)C2)n1. The lowest BCUT2D eigenvalue weighted by atomic mass is 10.1. The zero-order chi connectivity index (χ0) is 13.9. The standard InChI is InChI=1S/C14H24N6/c1-11-6-9-20(10-11)14-17-12(15-2)16-13(18-14)19-7-4-3-5-8-19/h11H,3-10H2,1-2H3,(H,15,16,17,18). The number of nitrogens with one attached hydrogen (secondary N) is 1. The van der Waals surface area contributed by atoms with E-state index in [1.807, 2.05) is 7.05 Å². The molecule has 0 radical (unpaired) electrons. The molecule has 0 spiro atoms. The van der Waals surface area contributed by atoms with Gasteiger partial charge in [0.25, 0.3) is 0 Å². The number of nitrogens with zero attached hydrogens (tertiary/aromatic N) is 5. The van der Waals surface area contributed by atoms with E-state index in [4.69, 9.17) is 4.98 Å². The highest BCUT2D eigenvalue weighted by Gasteiger charge is 2.23. The molecule has 110 valence electrons. The zero-order valence-corrected chi connectivity index (χ0v) is 12.5. The molecular formula is C14H24N6. The Morgan fingerprint density at radius 3 is 2.25 bits per heavy atom. The van der Waals surface area contributed by atoms with E-state index in [9.17, 15) is 0 Å². The average Bonchev–Trinajstić information content (AvgIpc) is 2.94. The van der Waals surface area contributed by atoms with Crippen molar-refractivity contribution in [1.29, 1.82) is 0 Å². The van der Waals surface area contributed by atoms with Gasteiger partial charge in [0.15, 0.2) is 0 Å². The molecule has 0 aliphatic carbocycles. The first-order valence-electron chi connectivity index (χ1n) is 7.70. The molecule has 1 aromatic heterocycles. The molecule has 2 fully saturated rings. The van der Waals surface area contributed by atoms with Crippen LogP contribution in [-0.2, 0) is 0 Å². The summed E-state index contributed by atoms with van der Waals surface area (Å²) in [4.78, 5) is 18.3. The minimum atomic E-state index is 0.676. The number of piperidine rings is 1. The summed E-state index contributed by atoms with van der Waals surface area (Å²) in [5, 5.41) is 3.07. The summed E-state index contributed by atoms with van der Waals surface area (Å²) in [6.45, 7) is 6.50. The fraction of sp³-hybridized carbons (Fsp3) is 0.786. The first-order valence-corrected chi connectivity index (χ1v) is 7.70. The molecule has 1 aromatic rings. The van der Waals surface area contributed by atoms with Crippen LogP contribution in [-0.4, -0.2) is 48.2 Å². The fourth-order valence-electron chi connectivity index (χ4n) is 2.96. The van der Waals surface area contributed by atoms with Crippen molar-refractivity contribution in [3.8, 4) is 0 Å². The molecule has 0 aromatic carbocycles. The van der Waals surface area contributed by atoms with Gasteiger partial charge in [0.05, 0.1) is 0 Å². The highest BCUT2D eigenvalue weighted by atomic mass is 15.4. The molecule has 0 bridgehead atoms. The summed E-state index contributed by atoms with van der Waals surface area (Å²) >= 11 is 0. The molecule has 1 atom stereocenters. The van der Waals surface area contributed by atoms with Crippen LogP contribution in [0.2, 0.25) is 0 Å². The average molecular weight is 276 g/mol. The van der Waals surface area contributed by atoms with Gasteiger partial charge < -0.3 is 15.1 Å². The Labute approximate surface area is 120 Å². The number of hydrogen-bond acceptors (Lipinski definition) is 6. The lowest BCUT2D eigenvalue weighted by Gasteiger charge is -2.27. The van der Waals surface area contributed by atoms with Crippen LogP contribution in [0.5, 0.6) is 0 Å². The Balaban J connectivity index is 1.86. The Kier molecular flexibility index (Phi) is 3.89. The van der Waals surface area contributed by atoms with Gasteiger partial charge in [-0.05, 0) is 31.6 Å². The van der Waals surface area contributed by atoms with Crippen molar-refractivity contribution in [2.75, 3.05) is 48.3 Å². The molecule has 2 aliphatic heterocycles. The van der Waals surface area contributed by atoms with Crippen LogP contribution >= 0.6 is 0 Å². The minimum Gasteiger partial charge on any atom is -0.357 e. The second-order valence-corrected chi connectivity index (χ2v) is 5.90. The molecule has 2 saturated heterocycles. The molecule has 6 nitrogen and oxygen atoms in total. The Morgan fingerprint density at radius 1 is 0.950 bits per heavy atom. The van der Waals surface area contributed by atoms with Crippen molar-refractivity contribution in [2.45, 2.75) is 32.6 Å². The number of hydrogen-bond donors (Lipinski definition) is 1. The molecule has 1 N–H and O–H groups in total. The Morgan fingerprint density at radius 2 is 1.65 bits per heavy atom. The van der Waals surface area contributed by atoms with E-state index < -0.39 is 0 Å². The number of rotatable bonds is 3. The van der Waals surface area contributed by atoms with Crippen molar-refractivity contribution in [3.63, 3.8) is 0 Å². The normalized spacial score (nSPS) is 23.2. The summed E-state index contributed by atoms with van der Waals surface area (Å²) in [5.41, 5.74) is 0.